The molecule has 1 saturated heterocycles. The van der Waals surface area contributed by atoms with Crippen molar-refractivity contribution >= 4 is 40.3 Å². The third-order valence-electron chi connectivity index (χ3n) is 7.77. The van der Waals surface area contributed by atoms with Gasteiger partial charge in [0.05, 0.1) is 35.5 Å². The molecule has 1 aliphatic rings. The van der Waals surface area contributed by atoms with Gasteiger partial charge in [-0.05, 0) is 86.6 Å². The van der Waals surface area contributed by atoms with Crippen LogP contribution in [0.25, 0.3) is 5.69 Å². The lowest BCUT2D eigenvalue weighted by atomic mass is 9.96. The van der Waals surface area contributed by atoms with Crippen LogP contribution in [-0.2, 0) is 4.79 Å². The fraction of sp³-hybridized carbons (Fsp3) is 0.281. The number of carbonyl (C=O) groups is 1. The Hall–Kier alpha value is -4.77. The van der Waals surface area contributed by atoms with Crippen molar-refractivity contribution in [2.45, 2.75) is 46.7 Å². The number of hydrogen-bond acceptors (Lipinski definition) is 6. The summed E-state index contributed by atoms with van der Waals surface area (Å²) in [5.74, 6) is 0.330. The van der Waals surface area contributed by atoms with Gasteiger partial charge in [-0.15, -0.1) is 0 Å². The van der Waals surface area contributed by atoms with Gasteiger partial charge in [0, 0.05) is 47.0 Å². The minimum atomic E-state index is -0.411. The van der Waals surface area contributed by atoms with Gasteiger partial charge in [-0.2, -0.15) is 0 Å². The van der Waals surface area contributed by atoms with Crippen LogP contribution in [0.5, 0.6) is 5.75 Å². The molecule has 5 rings (SSSR count). The molecule has 2 aromatic carbocycles. The maximum Gasteiger partial charge on any atom is 0.271 e. The van der Waals surface area contributed by atoms with Crippen molar-refractivity contribution in [2.24, 2.45) is 5.92 Å². The van der Waals surface area contributed by atoms with E-state index in [9.17, 15) is 14.9 Å². The second-order valence-corrected chi connectivity index (χ2v) is 11.3. The zero-order valence-electron chi connectivity index (χ0n) is 24.9. The Kier molecular flexibility index (Phi) is 8.19. The summed E-state index contributed by atoms with van der Waals surface area (Å²) in [6.07, 6.45) is 1.76. The minimum absolute atomic E-state index is 0.0262. The third-order valence-corrected chi connectivity index (χ3v) is 8.09. The molecule has 0 bridgehead atoms. The normalized spacial score (nSPS) is 16.3. The van der Waals surface area contributed by atoms with Crippen molar-refractivity contribution in [3.8, 4) is 11.4 Å². The van der Waals surface area contributed by atoms with Gasteiger partial charge in [0.15, 0.2) is 5.11 Å². The SMILES string of the molecule is COc1ccc([N+](=O)[O-])cc1-n1c(C)cc([C@@H]2[C@H](c3ccccn3)NC(=S)N2c2ccc(NC(=O)C(C)C)c(C)c2)c1C. The number of aromatic nitrogens is 2. The number of ether oxygens (including phenoxy) is 1. The van der Waals surface area contributed by atoms with Crippen molar-refractivity contribution in [3.05, 3.63) is 105 Å². The molecule has 3 heterocycles. The number of nitrogens with one attached hydrogen (secondary N) is 2. The number of non-ortho nitro benzene ring substituents is 1. The molecule has 11 heteroatoms. The highest BCUT2D eigenvalue weighted by Crippen LogP contribution is 2.45. The maximum atomic E-state index is 12.4. The lowest BCUT2D eigenvalue weighted by molar-refractivity contribution is -0.384. The molecule has 1 fully saturated rings. The van der Waals surface area contributed by atoms with E-state index in [1.165, 1.54) is 12.1 Å². The Balaban J connectivity index is 1.66. The molecule has 1 amide bonds. The van der Waals surface area contributed by atoms with E-state index in [0.29, 0.717) is 16.5 Å². The van der Waals surface area contributed by atoms with Crippen LogP contribution in [0, 0.1) is 36.8 Å². The van der Waals surface area contributed by atoms with E-state index in [2.05, 4.69) is 26.6 Å². The van der Waals surface area contributed by atoms with Gasteiger partial charge in [-0.25, -0.2) is 0 Å². The number of pyridine rings is 1. The van der Waals surface area contributed by atoms with E-state index in [1.54, 1.807) is 19.4 Å². The Morgan fingerprint density at radius 1 is 1.12 bits per heavy atom. The smallest absolute Gasteiger partial charge is 0.271 e. The number of methoxy groups -OCH3 is 1. The van der Waals surface area contributed by atoms with Crippen molar-refractivity contribution in [3.63, 3.8) is 0 Å². The molecule has 43 heavy (non-hydrogen) atoms. The molecule has 0 unspecified atom stereocenters. The Bertz CT molecular complexity index is 1720. The lowest BCUT2D eigenvalue weighted by Gasteiger charge is -2.29. The van der Waals surface area contributed by atoms with Crippen LogP contribution in [0.15, 0.2) is 66.9 Å². The van der Waals surface area contributed by atoms with Crippen LogP contribution in [0.3, 0.4) is 0 Å². The summed E-state index contributed by atoms with van der Waals surface area (Å²) in [6, 6.07) is 17.7. The average Bonchev–Trinajstić information content (AvgIpc) is 3.48. The summed E-state index contributed by atoms with van der Waals surface area (Å²) >= 11 is 5.93. The first-order valence-electron chi connectivity index (χ1n) is 14.0. The van der Waals surface area contributed by atoms with Crippen LogP contribution >= 0.6 is 12.2 Å². The summed E-state index contributed by atoms with van der Waals surface area (Å²) in [4.78, 5) is 30.3. The first-order valence-corrected chi connectivity index (χ1v) is 14.4. The van der Waals surface area contributed by atoms with Gasteiger partial charge in [-0.1, -0.05) is 19.9 Å². The summed E-state index contributed by atoms with van der Waals surface area (Å²) in [5, 5.41) is 18.7. The minimum Gasteiger partial charge on any atom is -0.495 e. The number of nitro benzene ring substituents is 1. The first-order chi connectivity index (χ1) is 20.5. The predicted molar refractivity (Wildman–Crippen MR) is 171 cm³/mol. The number of nitrogens with zero attached hydrogens (tertiary/aromatic N) is 4. The van der Waals surface area contributed by atoms with Gasteiger partial charge in [0.1, 0.15) is 5.75 Å². The molecule has 2 N–H and O–H groups in total. The van der Waals surface area contributed by atoms with Crippen molar-refractivity contribution < 1.29 is 14.5 Å². The Labute approximate surface area is 255 Å². The van der Waals surface area contributed by atoms with Gasteiger partial charge < -0.3 is 24.8 Å². The summed E-state index contributed by atoms with van der Waals surface area (Å²) in [6.45, 7) is 9.62. The van der Waals surface area contributed by atoms with Crippen LogP contribution < -0.4 is 20.3 Å². The standard InChI is InChI=1S/C32H34N6O4S/c1-18(2)31(39)34-25-12-10-22(15-19(25)3)37-30(29(35-32(37)43)26-9-7-8-14-33-26)24-16-20(4)36(21(24)5)27-17-23(38(40)41)11-13-28(27)42-6/h7-18,29-30H,1-6H3,(H,34,39)(H,35,43)/t29-,30+/m0/s1. The number of amides is 1. The molecule has 0 spiro atoms. The molecule has 10 nitrogen and oxygen atoms in total. The summed E-state index contributed by atoms with van der Waals surface area (Å²) in [5.41, 5.74) is 6.63. The molecule has 4 aromatic rings. The number of carbonyl (C=O) groups excluding carboxylic acids is 1. The van der Waals surface area contributed by atoms with E-state index >= 15 is 0 Å². The molecule has 1 aliphatic heterocycles. The fourth-order valence-corrected chi connectivity index (χ4v) is 5.93. The molecule has 0 aliphatic carbocycles. The van der Waals surface area contributed by atoms with Crippen LogP contribution in [0.1, 0.15) is 54.1 Å². The lowest BCUT2D eigenvalue weighted by Crippen LogP contribution is -2.29. The van der Waals surface area contributed by atoms with Crippen LogP contribution in [0.4, 0.5) is 17.1 Å². The highest BCUT2D eigenvalue weighted by atomic mass is 32.1. The maximum absolute atomic E-state index is 12.4. The fourth-order valence-electron chi connectivity index (χ4n) is 5.59. The van der Waals surface area contributed by atoms with Crippen LogP contribution in [-0.4, -0.2) is 32.6 Å². The second kappa shape index (κ2) is 11.8. The molecule has 2 atom stereocenters. The first kappa shape index (κ1) is 29.7. The topological polar surface area (TPSA) is 115 Å². The van der Waals surface area contributed by atoms with E-state index in [1.807, 2.05) is 75.6 Å². The number of aryl methyl sites for hydroxylation is 2. The monoisotopic (exact) mass is 598 g/mol. The number of rotatable bonds is 8. The number of nitro groups is 1. The highest BCUT2D eigenvalue weighted by Gasteiger charge is 2.42. The molecule has 222 valence electrons. The number of benzene rings is 2. The third kappa shape index (κ3) is 5.55. The van der Waals surface area contributed by atoms with E-state index < -0.39 is 4.92 Å². The molecule has 2 aromatic heterocycles. The second-order valence-electron chi connectivity index (χ2n) is 10.9. The number of hydrogen-bond donors (Lipinski definition) is 2. The Morgan fingerprint density at radius 3 is 2.51 bits per heavy atom. The molecular formula is C32H34N6O4S. The Morgan fingerprint density at radius 2 is 1.88 bits per heavy atom. The van der Waals surface area contributed by atoms with Crippen LogP contribution in [0.2, 0.25) is 0 Å². The van der Waals surface area contributed by atoms with E-state index in [4.69, 9.17) is 17.0 Å². The molecular weight excluding hydrogens is 564 g/mol. The quantitative estimate of drug-likeness (QED) is 0.134. The number of anilines is 2. The molecule has 0 radical (unpaired) electrons. The van der Waals surface area contributed by atoms with Gasteiger partial charge in [-0.3, -0.25) is 19.9 Å². The zero-order valence-corrected chi connectivity index (χ0v) is 25.7. The summed E-state index contributed by atoms with van der Waals surface area (Å²) < 4.78 is 7.59. The van der Waals surface area contributed by atoms with Crippen molar-refractivity contribution in [1.29, 1.82) is 0 Å². The van der Waals surface area contributed by atoms with Gasteiger partial charge in [0.25, 0.3) is 5.69 Å². The summed E-state index contributed by atoms with van der Waals surface area (Å²) in [7, 11) is 1.55. The van der Waals surface area contributed by atoms with Crippen molar-refractivity contribution in [2.75, 3.05) is 17.3 Å². The molecule has 0 saturated carbocycles. The van der Waals surface area contributed by atoms with Crippen molar-refractivity contribution in [1.82, 2.24) is 14.9 Å². The van der Waals surface area contributed by atoms with E-state index in [0.717, 1.165) is 39.6 Å². The number of thiocarbonyl (C=S) groups is 1. The van der Waals surface area contributed by atoms with Gasteiger partial charge >= 0.3 is 0 Å². The average molecular weight is 599 g/mol. The largest absolute Gasteiger partial charge is 0.495 e. The van der Waals surface area contributed by atoms with E-state index in [-0.39, 0.29) is 29.6 Å². The van der Waals surface area contributed by atoms with Gasteiger partial charge in [0.2, 0.25) is 5.91 Å². The predicted octanol–water partition coefficient (Wildman–Crippen LogP) is 6.49. The highest BCUT2D eigenvalue weighted by molar-refractivity contribution is 7.80. The zero-order chi connectivity index (χ0) is 31.0.